The number of aliphatic hydroxyl groups is 3. The van der Waals surface area contributed by atoms with Crippen molar-refractivity contribution in [2.45, 2.75) is 37.6 Å². The summed E-state index contributed by atoms with van der Waals surface area (Å²) in [6.07, 6.45) is -8.63. The van der Waals surface area contributed by atoms with Gasteiger partial charge in [-0.1, -0.05) is 0 Å². The van der Waals surface area contributed by atoms with Gasteiger partial charge in [0, 0.05) is 6.92 Å². The quantitative estimate of drug-likeness (QED) is 0.385. The summed E-state index contributed by atoms with van der Waals surface area (Å²) in [7, 11) is 0. The number of hydrogen-bond acceptors (Lipinski definition) is 7. The SMILES string of the molecule is CC(=O)O[C@@H]1OC(C(=O)O)[C@@H](O)[C@H](O)C1O. The zero-order chi connectivity index (χ0) is 12.5. The minimum absolute atomic E-state index is 0.809. The Balaban J connectivity index is 2.80. The van der Waals surface area contributed by atoms with Crippen LogP contribution in [0, 0.1) is 0 Å². The molecule has 4 N–H and O–H groups in total. The molecular formula is C8H12O8. The molecule has 1 aliphatic rings. The van der Waals surface area contributed by atoms with Crippen LogP contribution in [0.3, 0.4) is 0 Å². The predicted molar refractivity (Wildman–Crippen MR) is 46.1 cm³/mol. The number of esters is 1. The Labute approximate surface area is 90.0 Å². The van der Waals surface area contributed by atoms with Crippen molar-refractivity contribution in [1.82, 2.24) is 0 Å². The summed E-state index contributed by atoms with van der Waals surface area (Å²) in [6.45, 7) is 1.03. The van der Waals surface area contributed by atoms with Crippen molar-refractivity contribution in [3.63, 3.8) is 0 Å². The summed E-state index contributed by atoms with van der Waals surface area (Å²) in [4.78, 5) is 21.2. The number of rotatable bonds is 2. The molecular weight excluding hydrogens is 224 g/mol. The van der Waals surface area contributed by atoms with E-state index in [0.29, 0.717) is 0 Å². The molecule has 1 saturated heterocycles. The van der Waals surface area contributed by atoms with Crippen LogP contribution in [0.25, 0.3) is 0 Å². The Morgan fingerprint density at radius 1 is 1.12 bits per heavy atom. The first-order chi connectivity index (χ1) is 7.34. The minimum atomic E-state index is -1.79. The van der Waals surface area contributed by atoms with Crippen LogP contribution in [-0.4, -0.2) is 63.1 Å². The lowest BCUT2D eigenvalue weighted by atomic mass is 9.99. The number of carbonyl (C=O) groups excluding carboxylic acids is 1. The Bertz CT molecular complexity index is 288. The standard InChI is InChI=1S/C8H12O8/c1-2(9)15-8-5(12)3(10)4(11)6(16-8)7(13)14/h3-6,8,10-12H,1H3,(H,13,14)/t3-,4-,5?,6?,8+/m0/s1. The second-order valence-corrected chi connectivity index (χ2v) is 3.34. The van der Waals surface area contributed by atoms with E-state index in [1.165, 1.54) is 0 Å². The van der Waals surface area contributed by atoms with Crippen LogP contribution >= 0.6 is 0 Å². The smallest absolute Gasteiger partial charge is 0.335 e. The van der Waals surface area contributed by atoms with E-state index in [1.807, 2.05) is 0 Å². The molecule has 0 aromatic rings. The zero-order valence-corrected chi connectivity index (χ0v) is 8.31. The Morgan fingerprint density at radius 2 is 1.69 bits per heavy atom. The first-order valence-electron chi connectivity index (χ1n) is 4.44. The van der Waals surface area contributed by atoms with Gasteiger partial charge in [-0.05, 0) is 0 Å². The number of hydrogen-bond donors (Lipinski definition) is 4. The lowest BCUT2D eigenvalue weighted by Crippen LogP contribution is -2.60. The lowest BCUT2D eigenvalue weighted by molar-refractivity contribution is -0.285. The van der Waals surface area contributed by atoms with Gasteiger partial charge in [0.05, 0.1) is 0 Å². The topological polar surface area (TPSA) is 134 Å². The summed E-state index contributed by atoms with van der Waals surface area (Å²) in [5.41, 5.74) is 0. The maximum Gasteiger partial charge on any atom is 0.335 e. The monoisotopic (exact) mass is 236 g/mol. The summed E-state index contributed by atoms with van der Waals surface area (Å²) in [5.74, 6) is -2.34. The van der Waals surface area contributed by atoms with E-state index in [4.69, 9.17) is 5.11 Å². The number of carboxylic acids is 1. The highest BCUT2D eigenvalue weighted by Gasteiger charge is 2.48. The van der Waals surface area contributed by atoms with Crippen molar-refractivity contribution in [2.75, 3.05) is 0 Å². The van der Waals surface area contributed by atoms with Gasteiger partial charge in [-0.15, -0.1) is 0 Å². The van der Waals surface area contributed by atoms with Gasteiger partial charge >= 0.3 is 11.9 Å². The molecule has 0 bridgehead atoms. The lowest BCUT2D eigenvalue weighted by Gasteiger charge is -2.37. The van der Waals surface area contributed by atoms with Crippen LogP contribution in [0.4, 0.5) is 0 Å². The summed E-state index contributed by atoms with van der Waals surface area (Å²) >= 11 is 0. The molecule has 0 amide bonds. The fourth-order valence-corrected chi connectivity index (χ4v) is 1.31. The van der Waals surface area contributed by atoms with Crippen molar-refractivity contribution in [1.29, 1.82) is 0 Å². The predicted octanol–water partition coefficient (Wildman–Crippen LogP) is -2.56. The number of aliphatic carboxylic acids is 1. The van der Waals surface area contributed by atoms with E-state index in [0.717, 1.165) is 6.92 Å². The first-order valence-corrected chi connectivity index (χ1v) is 4.44. The Morgan fingerprint density at radius 3 is 2.12 bits per heavy atom. The molecule has 16 heavy (non-hydrogen) atoms. The van der Waals surface area contributed by atoms with E-state index in [-0.39, 0.29) is 0 Å². The van der Waals surface area contributed by atoms with Gasteiger partial charge < -0.3 is 29.9 Å². The van der Waals surface area contributed by atoms with Gasteiger partial charge in [0.1, 0.15) is 18.3 Å². The van der Waals surface area contributed by atoms with Crippen LogP contribution < -0.4 is 0 Å². The molecule has 0 aromatic carbocycles. The molecule has 0 spiro atoms. The maximum atomic E-state index is 10.6. The highest BCUT2D eigenvalue weighted by Crippen LogP contribution is 2.22. The number of ether oxygens (including phenoxy) is 2. The second kappa shape index (κ2) is 4.74. The van der Waals surface area contributed by atoms with Crippen molar-refractivity contribution < 1.29 is 39.5 Å². The molecule has 1 heterocycles. The average Bonchev–Trinajstić information content (AvgIpc) is 2.18. The van der Waals surface area contributed by atoms with Gasteiger partial charge in [0.15, 0.2) is 6.10 Å². The van der Waals surface area contributed by atoms with E-state index in [9.17, 15) is 24.9 Å². The third-order valence-corrected chi connectivity index (χ3v) is 2.10. The third kappa shape index (κ3) is 2.47. The highest BCUT2D eigenvalue weighted by molar-refractivity contribution is 5.73. The number of carbonyl (C=O) groups is 2. The summed E-state index contributed by atoms with van der Waals surface area (Å²) in [6, 6.07) is 0. The molecule has 0 aromatic heterocycles. The second-order valence-electron chi connectivity index (χ2n) is 3.34. The minimum Gasteiger partial charge on any atom is -0.479 e. The molecule has 1 aliphatic heterocycles. The molecule has 92 valence electrons. The molecule has 0 aliphatic carbocycles. The summed E-state index contributed by atoms with van der Waals surface area (Å²) in [5, 5.41) is 36.6. The van der Waals surface area contributed by atoms with Crippen molar-refractivity contribution >= 4 is 11.9 Å². The van der Waals surface area contributed by atoms with E-state index >= 15 is 0 Å². The third-order valence-electron chi connectivity index (χ3n) is 2.10. The fraction of sp³-hybridized carbons (Fsp3) is 0.750. The Kier molecular flexibility index (Phi) is 3.81. The largest absolute Gasteiger partial charge is 0.479 e. The van der Waals surface area contributed by atoms with Gasteiger partial charge in [-0.25, -0.2) is 4.79 Å². The molecule has 8 nitrogen and oxygen atoms in total. The Hall–Kier alpha value is -1.22. The van der Waals surface area contributed by atoms with Gasteiger partial charge in [-0.2, -0.15) is 0 Å². The van der Waals surface area contributed by atoms with Gasteiger partial charge in [0.25, 0.3) is 0 Å². The normalized spacial score (nSPS) is 39.1. The maximum absolute atomic E-state index is 10.6. The van der Waals surface area contributed by atoms with Crippen LogP contribution in [-0.2, 0) is 19.1 Å². The van der Waals surface area contributed by atoms with Gasteiger partial charge in [-0.3, -0.25) is 4.79 Å². The van der Waals surface area contributed by atoms with Crippen LogP contribution in [0.2, 0.25) is 0 Å². The molecule has 1 rings (SSSR count). The molecule has 5 atom stereocenters. The van der Waals surface area contributed by atoms with E-state index < -0.39 is 42.6 Å². The highest BCUT2D eigenvalue weighted by atomic mass is 16.7. The van der Waals surface area contributed by atoms with Crippen LogP contribution in [0.5, 0.6) is 0 Å². The van der Waals surface area contributed by atoms with Crippen molar-refractivity contribution in [2.24, 2.45) is 0 Å². The van der Waals surface area contributed by atoms with Crippen LogP contribution in [0.1, 0.15) is 6.92 Å². The average molecular weight is 236 g/mol. The zero-order valence-electron chi connectivity index (χ0n) is 8.31. The number of aliphatic hydroxyl groups excluding tert-OH is 3. The fourth-order valence-electron chi connectivity index (χ4n) is 1.31. The molecule has 8 heteroatoms. The molecule has 0 saturated carbocycles. The number of carboxylic acid groups (broad SMARTS) is 1. The van der Waals surface area contributed by atoms with Gasteiger partial charge in [0.2, 0.25) is 6.29 Å². The van der Waals surface area contributed by atoms with Crippen molar-refractivity contribution in [3.8, 4) is 0 Å². The van der Waals surface area contributed by atoms with Crippen molar-refractivity contribution in [3.05, 3.63) is 0 Å². The molecule has 1 fully saturated rings. The molecule has 0 radical (unpaired) electrons. The molecule has 2 unspecified atom stereocenters. The van der Waals surface area contributed by atoms with E-state index in [2.05, 4.69) is 9.47 Å². The van der Waals surface area contributed by atoms with E-state index in [1.54, 1.807) is 0 Å². The van der Waals surface area contributed by atoms with Crippen LogP contribution in [0.15, 0.2) is 0 Å². The summed E-state index contributed by atoms with van der Waals surface area (Å²) < 4.78 is 9.11. The first kappa shape index (κ1) is 12.8.